The van der Waals surface area contributed by atoms with Crippen molar-refractivity contribution in [1.82, 2.24) is 5.32 Å². The molecule has 0 aromatic rings. The summed E-state index contributed by atoms with van der Waals surface area (Å²) in [5.74, 6) is 1.96. The van der Waals surface area contributed by atoms with Crippen LogP contribution in [0.2, 0.25) is 0 Å². The SMILES string of the molecule is CCS(=O)(=O)CCNC1CCCC(C)C1C. The molecule has 4 heteroatoms. The summed E-state index contributed by atoms with van der Waals surface area (Å²) in [6, 6.07) is 0.510. The molecular formula is C12H25NO2S. The van der Waals surface area contributed by atoms with Crippen LogP contribution in [0, 0.1) is 11.8 Å². The molecule has 3 atom stereocenters. The molecule has 0 saturated heterocycles. The molecule has 0 amide bonds. The Morgan fingerprint density at radius 2 is 1.94 bits per heavy atom. The van der Waals surface area contributed by atoms with E-state index in [1.54, 1.807) is 6.92 Å². The predicted molar refractivity (Wildman–Crippen MR) is 68.3 cm³/mol. The maximum Gasteiger partial charge on any atom is 0.151 e. The van der Waals surface area contributed by atoms with Crippen LogP contribution in [-0.4, -0.2) is 32.5 Å². The van der Waals surface area contributed by atoms with Crippen LogP contribution in [0.5, 0.6) is 0 Å². The Kier molecular flexibility index (Phi) is 5.25. The maximum atomic E-state index is 11.3. The van der Waals surface area contributed by atoms with Crippen molar-refractivity contribution in [2.24, 2.45) is 11.8 Å². The number of sulfone groups is 1. The Balaban J connectivity index is 2.32. The van der Waals surface area contributed by atoms with Crippen LogP contribution in [0.3, 0.4) is 0 Å². The zero-order valence-electron chi connectivity index (χ0n) is 10.7. The molecule has 96 valence electrons. The average Bonchev–Trinajstić information content (AvgIpc) is 2.24. The maximum absolute atomic E-state index is 11.3. The summed E-state index contributed by atoms with van der Waals surface area (Å²) in [5.41, 5.74) is 0. The number of hydrogen-bond donors (Lipinski definition) is 1. The van der Waals surface area contributed by atoms with E-state index in [0.29, 0.717) is 18.5 Å². The first-order valence-electron chi connectivity index (χ1n) is 6.40. The summed E-state index contributed by atoms with van der Waals surface area (Å²) in [6.07, 6.45) is 3.77. The monoisotopic (exact) mass is 247 g/mol. The molecule has 3 unspecified atom stereocenters. The second kappa shape index (κ2) is 6.01. The molecule has 0 aliphatic heterocycles. The zero-order valence-corrected chi connectivity index (χ0v) is 11.5. The molecule has 0 aromatic heterocycles. The second-order valence-corrected chi connectivity index (χ2v) is 7.54. The summed E-state index contributed by atoms with van der Waals surface area (Å²) in [6.45, 7) is 6.88. The van der Waals surface area contributed by atoms with E-state index < -0.39 is 9.84 Å². The van der Waals surface area contributed by atoms with Gasteiger partial charge in [0.05, 0.1) is 5.75 Å². The second-order valence-electron chi connectivity index (χ2n) is 5.06. The molecule has 1 N–H and O–H groups in total. The van der Waals surface area contributed by atoms with Gasteiger partial charge in [-0.1, -0.05) is 33.6 Å². The lowest BCUT2D eigenvalue weighted by Crippen LogP contribution is -2.42. The molecule has 0 bridgehead atoms. The standard InChI is InChI=1S/C12H25NO2S/c1-4-16(14,15)9-8-13-12-7-5-6-10(2)11(12)3/h10-13H,4-9H2,1-3H3. The van der Waals surface area contributed by atoms with Crippen molar-refractivity contribution in [3.8, 4) is 0 Å². The van der Waals surface area contributed by atoms with Gasteiger partial charge in [-0.15, -0.1) is 0 Å². The van der Waals surface area contributed by atoms with Crippen LogP contribution >= 0.6 is 0 Å². The highest BCUT2D eigenvalue weighted by Crippen LogP contribution is 2.29. The van der Waals surface area contributed by atoms with E-state index in [4.69, 9.17) is 0 Å². The summed E-state index contributed by atoms with van der Waals surface area (Å²) >= 11 is 0. The zero-order chi connectivity index (χ0) is 12.2. The van der Waals surface area contributed by atoms with Crippen LogP contribution in [0.25, 0.3) is 0 Å². The van der Waals surface area contributed by atoms with Gasteiger partial charge in [-0.25, -0.2) is 8.42 Å². The van der Waals surface area contributed by atoms with E-state index in [0.717, 1.165) is 5.92 Å². The van der Waals surface area contributed by atoms with Crippen molar-refractivity contribution in [3.05, 3.63) is 0 Å². The fourth-order valence-corrected chi connectivity index (χ4v) is 3.13. The van der Waals surface area contributed by atoms with Crippen molar-refractivity contribution < 1.29 is 8.42 Å². The molecule has 0 heterocycles. The van der Waals surface area contributed by atoms with E-state index in [-0.39, 0.29) is 11.5 Å². The normalized spacial score (nSPS) is 31.6. The lowest BCUT2D eigenvalue weighted by Gasteiger charge is -2.34. The van der Waals surface area contributed by atoms with Gasteiger partial charge in [0.15, 0.2) is 9.84 Å². The van der Waals surface area contributed by atoms with Gasteiger partial charge in [0, 0.05) is 18.3 Å². The van der Waals surface area contributed by atoms with Crippen LogP contribution < -0.4 is 5.32 Å². The van der Waals surface area contributed by atoms with Crippen molar-refractivity contribution in [2.45, 2.75) is 46.1 Å². The summed E-state index contributed by atoms with van der Waals surface area (Å²) in [4.78, 5) is 0. The fourth-order valence-electron chi connectivity index (χ4n) is 2.41. The van der Waals surface area contributed by atoms with Gasteiger partial charge in [-0.05, 0) is 18.3 Å². The highest BCUT2D eigenvalue weighted by molar-refractivity contribution is 7.91. The highest BCUT2D eigenvalue weighted by atomic mass is 32.2. The van der Waals surface area contributed by atoms with E-state index in [2.05, 4.69) is 19.2 Å². The van der Waals surface area contributed by atoms with Gasteiger partial charge in [0.1, 0.15) is 0 Å². The van der Waals surface area contributed by atoms with Crippen molar-refractivity contribution in [1.29, 1.82) is 0 Å². The predicted octanol–water partition coefficient (Wildman–Crippen LogP) is 1.84. The average molecular weight is 247 g/mol. The van der Waals surface area contributed by atoms with Gasteiger partial charge in [-0.2, -0.15) is 0 Å². The topological polar surface area (TPSA) is 46.2 Å². The molecule has 1 rings (SSSR count). The Hall–Kier alpha value is -0.0900. The van der Waals surface area contributed by atoms with Crippen molar-refractivity contribution in [3.63, 3.8) is 0 Å². The largest absolute Gasteiger partial charge is 0.313 e. The number of nitrogens with one attached hydrogen (secondary N) is 1. The Labute approximate surface area is 99.9 Å². The molecule has 3 nitrogen and oxygen atoms in total. The Morgan fingerprint density at radius 3 is 2.56 bits per heavy atom. The molecule has 1 aliphatic carbocycles. The number of rotatable bonds is 5. The molecule has 1 aliphatic rings. The van der Waals surface area contributed by atoms with Gasteiger partial charge < -0.3 is 5.32 Å². The molecular weight excluding hydrogens is 222 g/mol. The Bertz CT molecular complexity index is 300. The quantitative estimate of drug-likeness (QED) is 0.806. The van der Waals surface area contributed by atoms with Crippen molar-refractivity contribution >= 4 is 9.84 Å². The van der Waals surface area contributed by atoms with Gasteiger partial charge in [0.25, 0.3) is 0 Å². The molecule has 0 spiro atoms. The van der Waals surface area contributed by atoms with Crippen molar-refractivity contribution in [2.75, 3.05) is 18.1 Å². The fraction of sp³-hybridized carbons (Fsp3) is 1.00. The van der Waals surface area contributed by atoms with Crippen LogP contribution in [0.4, 0.5) is 0 Å². The minimum atomic E-state index is -2.81. The molecule has 1 fully saturated rings. The summed E-state index contributed by atoms with van der Waals surface area (Å²) in [7, 11) is -2.81. The molecule has 16 heavy (non-hydrogen) atoms. The smallest absolute Gasteiger partial charge is 0.151 e. The molecule has 1 saturated carbocycles. The van der Waals surface area contributed by atoms with Gasteiger partial charge in [-0.3, -0.25) is 0 Å². The molecule has 0 aromatic carbocycles. The third-order valence-corrected chi connectivity index (χ3v) is 5.67. The first-order chi connectivity index (χ1) is 7.46. The summed E-state index contributed by atoms with van der Waals surface area (Å²) < 4.78 is 22.7. The van der Waals surface area contributed by atoms with Crippen LogP contribution in [0.15, 0.2) is 0 Å². The minimum absolute atomic E-state index is 0.255. The first-order valence-corrected chi connectivity index (χ1v) is 8.22. The van der Waals surface area contributed by atoms with Gasteiger partial charge >= 0.3 is 0 Å². The lowest BCUT2D eigenvalue weighted by atomic mass is 9.78. The minimum Gasteiger partial charge on any atom is -0.313 e. The first kappa shape index (κ1) is 14.0. The van der Waals surface area contributed by atoms with E-state index >= 15 is 0 Å². The van der Waals surface area contributed by atoms with Gasteiger partial charge in [0.2, 0.25) is 0 Å². The summed E-state index contributed by atoms with van der Waals surface area (Å²) in [5, 5.41) is 3.41. The van der Waals surface area contributed by atoms with Crippen LogP contribution in [0.1, 0.15) is 40.0 Å². The highest BCUT2D eigenvalue weighted by Gasteiger charge is 2.26. The van der Waals surface area contributed by atoms with E-state index in [1.807, 2.05) is 0 Å². The third-order valence-electron chi connectivity index (χ3n) is 3.97. The Morgan fingerprint density at radius 1 is 1.25 bits per heavy atom. The van der Waals surface area contributed by atoms with E-state index in [1.165, 1.54) is 19.3 Å². The van der Waals surface area contributed by atoms with Crippen LogP contribution in [-0.2, 0) is 9.84 Å². The van der Waals surface area contributed by atoms with E-state index in [9.17, 15) is 8.42 Å². The third kappa shape index (κ3) is 4.06. The molecule has 0 radical (unpaired) electrons. The number of hydrogen-bond acceptors (Lipinski definition) is 3. The lowest BCUT2D eigenvalue weighted by molar-refractivity contribution is 0.209.